The summed E-state index contributed by atoms with van der Waals surface area (Å²) in [5, 5.41) is 1.12. The van der Waals surface area contributed by atoms with Crippen LogP contribution in [0.1, 0.15) is 30.4 Å². The maximum Gasteiger partial charge on any atom is 0.00597 e. The average molecular weight is 331 g/mol. The number of rotatable bonds is 8. The van der Waals surface area contributed by atoms with Crippen LogP contribution in [0.4, 0.5) is 0 Å². The molecule has 0 saturated carbocycles. The summed E-state index contributed by atoms with van der Waals surface area (Å²) in [5.41, 5.74) is 2.92. The quantitative estimate of drug-likeness (QED) is 0.548. The van der Waals surface area contributed by atoms with E-state index in [1.54, 1.807) is 0 Å². The summed E-state index contributed by atoms with van der Waals surface area (Å²) in [6, 6.07) is 21.6. The second-order valence-corrected chi connectivity index (χ2v) is 6.07. The number of alkyl halides is 1. The van der Waals surface area contributed by atoms with E-state index in [0.29, 0.717) is 0 Å². The van der Waals surface area contributed by atoms with Crippen molar-refractivity contribution in [2.45, 2.75) is 32.1 Å². The second-order valence-electron chi connectivity index (χ2n) is 5.42. The van der Waals surface area contributed by atoms with Crippen LogP contribution in [0.25, 0.3) is 0 Å². The van der Waals surface area contributed by atoms with E-state index in [-0.39, 0.29) is 0 Å². The van der Waals surface area contributed by atoms with Gasteiger partial charge in [0.2, 0.25) is 0 Å². The number of aryl methyl sites for hydroxylation is 2. The normalized spacial score (nSPS) is 12.2. The molecule has 0 N–H and O–H groups in total. The molecule has 0 spiro atoms. The van der Waals surface area contributed by atoms with Gasteiger partial charge in [-0.2, -0.15) is 0 Å². The highest BCUT2D eigenvalue weighted by Gasteiger charge is 2.07. The van der Waals surface area contributed by atoms with Crippen molar-refractivity contribution in [2.75, 3.05) is 5.33 Å². The molecule has 0 aromatic heterocycles. The molecule has 20 heavy (non-hydrogen) atoms. The monoisotopic (exact) mass is 330 g/mol. The lowest BCUT2D eigenvalue weighted by Gasteiger charge is -2.14. The number of hydrogen-bond acceptors (Lipinski definition) is 0. The van der Waals surface area contributed by atoms with Gasteiger partial charge in [0, 0.05) is 5.33 Å². The largest absolute Gasteiger partial charge is 0.0925 e. The van der Waals surface area contributed by atoms with E-state index in [4.69, 9.17) is 0 Å². The van der Waals surface area contributed by atoms with Gasteiger partial charge in [0.05, 0.1) is 0 Å². The molecule has 0 nitrogen and oxygen atoms in total. The summed E-state index contributed by atoms with van der Waals surface area (Å²) in [4.78, 5) is 0. The average Bonchev–Trinajstić information content (AvgIpc) is 2.52. The Labute approximate surface area is 131 Å². The Balaban J connectivity index is 1.70. The predicted molar refractivity (Wildman–Crippen MR) is 91.4 cm³/mol. The van der Waals surface area contributed by atoms with E-state index in [1.165, 1.54) is 43.2 Å². The Morgan fingerprint density at radius 2 is 1.25 bits per heavy atom. The molecule has 1 heteroatoms. The predicted octanol–water partition coefficient (Wildman–Crippen LogP) is 5.65. The van der Waals surface area contributed by atoms with Gasteiger partial charge in [0.15, 0.2) is 0 Å². The van der Waals surface area contributed by atoms with Crippen molar-refractivity contribution in [1.82, 2.24) is 0 Å². The van der Waals surface area contributed by atoms with E-state index in [2.05, 4.69) is 76.6 Å². The van der Waals surface area contributed by atoms with Gasteiger partial charge in [-0.05, 0) is 49.1 Å². The first-order valence-electron chi connectivity index (χ1n) is 7.52. The minimum atomic E-state index is 0.791. The van der Waals surface area contributed by atoms with Crippen molar-refractivity contribution in [3.05, 3.63) is 71.8 Å². The van der Waals surface area contributed by atoms with Crippen molar-refractivity contribution in [1.29, 1.82) is 0 Å². The van der Waals surface area contributed by atoms with Gasteiger partial charge in [0.1, 0.15) is 0 Å². The Morgan fingerprint density at radius 3 is 1.80 bits per heavy atom. The topological polar surface area (TPSA) is 0 Å². The first-order valence-corrected chi connectivity index (χ1v) is 8.64. The molecule has 0 aliphatic rings. The molecular weight excluding hydrogens is 308 g/mol. The molecule has 0 aliphatic heterocycles. The van der Waals surface area contributed by atoms with Crippen LogP contribution in [0.15, 0.2) is 60.7 Å². The summed E-state index contributed by atoms with van der Waals surface area (Å²) in [7, 11) is 0. The van der Waals surface area contributed by atoms with E-state index in [9.17, 15) is 0 Å². The summed E-state index contributed by atoms with van der Waals surface area (Å²) in [6.45, 7) is 0. The molecule has 2 aromatic carbocycles. The summed E-state index contributed by atoms with van der Waals surface area (Å²) in [5.74, 6) is 0.791. The van der Waals surface area contributed by atoms with Crippen LogP contribution in [0.5, 0.6) is 0 Å². The number of halogens is 1. The fourth-order valence-electron chi connectivity index (χ4n) is 2.55. The lowest BCUT2D eigenvalue weighted by molar-refractivity contribution is 0.485. The lowest BCUT2D eigenvalue weighted by atomic mass is 9.95. The molecule has 0 bridgehead atoms. The standard InChI is InChI=1S/C19H23Br/c20-16-19(15-14-18-10-5-2-6-11-18)13-7-12-17-8-3-1-4-9-17/h1-6,8-11,19H,7,12-16H2. The minimum absolute atomic E-state index is 0.791. The SMILES string of the molecule is BrCC(CCCc1ccccc1)CCc1ccccc1. The molecule has 0 radical (unpaired) electrons. The zero-order valence-electron chi connectivity index (χ0n) is 12.0. The van der Waals surface area contributed by atoms with Gasteiger partial charge in [-0.3, -0.25) is 0 Å². The Hall–Kier alpha value is -1.08. The maximum atomic E-state index is 3.68. The van der Waals surface area contributed by atoms with Crippen LogP contribution in [-0.4, -0.2) is 5.33 Å². The molecule has 0 saturated heterocycles. The van der Waals surface area contributed by atoms with Crippen LogP contribution >= 0.6 is 15.9 Å². The Morgan fingerprint density at radius 1 is 0.700 bits per heavy atom. The molecule has 0 fully saturated rings. The maximum absolute atomic E-state index is 3.68. The highest BCUT2D eigenvalue weighted by atomic mass is 79.9. The van der Waals surface area contributed by atoms with Crippen molar-refractivity contribution in [3.8, 4) is 0 Å². The van der Waals surface area contributed by atoms with Crippen LogP contribution in [0.2, 0.25) is 0 Å². The van der Waals surface area contributed by atoms with Crippen LogP contribution in [0, 0.1) is 5.92 Å². The van der Waals surface area contributed by atoms with Gasteiger partial charge in [-0.1, -0.05) is 76.6 Å². The third-order valence-electron chi connectivity index (χ3n) is 3.82. The van der Waals surface area contributed by atoms with Gasteiger partial charge in [-0.15, -0.1) is 0 Å². The molecule has 1 atom stereocenters. The van der Waals surface area contributed by atoms with E-state index < -0.39 is 0 Å². The van der Waals surface area contributed by atoms with Crippen molar-refractivity contribution in [2.24, 2.45) is 5.92 Å². The number of hydrogen-bond donors (Lipinski definition) is 0. The smallest absolute Gasteiger partial charge is 0.00597 e. The minimum Gasteiger partial charge on any atom is -0.0925 e. The van der Waals surface area contributed by atoms with E-state index in [1.807, 2.05) is 0 Å². The van der Waals surface area contributed by atoms with Crippen LogP contribution in [-0.2, 0) is 12.8 Å². The highest BCUT2D eigenvalue weighted by Crippen LogP contribution is 2.19. The van der Waals surface area contributed by atoms with Crippen LogP contribution < -0.4 is 0 Å². The van der Waals surface area contributed by atoms with Crippen molar-refractivity contribution < 1.29 is 0 Å². The summed E-state index contributed by atoms with van der Waals surface area (Å²) >= 11 is 3.68. The Bertz CT molecular complexity index is 464. The third kappa shape index (κ3) is 5.50. The fraction of sp³-hybridized carbons (Fsp3) is 0.368. The second kappa shape index (κ2) is 8.97. The number of benzene rings is 2. The lowest BCUT2D eigenvalue weighted by Crippen LogP contribution is -2.04. The Kier molecular flexibility index (Phi) is 6.86. The van der Waals surface area contributed by atoms with Crippen molar-refractivity contribution >= 4 is 15.9 Å². The van der Waals surface area contributed by atoms with Gasteiger partial charge in [0.25, 0.3) is 0 Å². The molecule has 0 heterocycles. The zero-order chi connectivity index (χ0) is 14.0. The van der Waals surface area contributed by atoms with Gasteiger partial charge >= 0.3 is 0 Å². The molecule has 106 valence electrons. The van der Waals surface area contributed by atoms with Crippen molar-refractivity contribution in [3.63, 3.8) is 0 Å². The summed E-state index contributed by atoms with van der Waals surface area (Å²) in [6.07, 6.45) is 6.28. The van der Waals surface area contributed by atoms with E-state index >= 15 is 0 Å². The van der Waals surface area contributed by atoms with E-state index in [0.717, 1.165) is 11.2 Å². The fourth-order valence-corrected chi connectivity index (χ4v) is 3.20. The first-order chi connectivity index (χ1) is 9.88. The van der Waals surface area contributed by atoms with Gasteiger partial charge < -0.3 is 0 Å². The highest BCUT2D eigenvalue weighted by molar-refractivity contribution is 9.09. The molecule has 0 amide bonds. The molecule has 2 rings (SSSR count). The third-order valence-corrected chi connectivity index (χ3v) is 4.74. The zero-order valence-corrected chi connectivity index (χ0v) is 13.6. The molecule has 0 aliphatic carbocycles. The molecule has 2 aromatic rings. The first kappa shape index (κ1) is 15.3. The summed E-state index contributed by atoms with van der Waals surface area (Å²) < 4.78 is 0. The molecule has 1 unspecified atom stereocenters. The molecular formula is C19H23Br. The van der Waals surface area contributed by atoms with Gasteiger partial charge in [-0.25, -0.2) is 0 Å². The van der Waals surface area contributed by atoms with Crippen LogP contribution in [0.3, 0.4) is 0 Å².